The molecule has 110 valence electrons. The monoisotopic (exact) mass is 289 g/mol. The van der Waals surface area contributed by atoms with Gasteiger partial charge in [-0.05, 0) is 60.1 Å². The predicted molar refractivity (Wildman–Crippen MR) is 90.7 cm³/mol. The van der Waals surface area contributed by atoms with Crippen LogP contribution in [-0.2, 0) is 6.42 Å². The highest BCUT2D eigenvalue weighted by atomic mass is 16.3. The molecule has 2 aromatic carbocycles. The van der Waals surface area contributed by atoms with Crippen molar-refractivity contribution in [2.24, 2.45) is 0 Å². The van der Waals surface area contributed by atoms with Gasteiger partial charge in [-0.1, -0.05) is 42.5 Å². The van der Waals surface area contributed by atoms with Crippen molar-refractivity contribution in [3.05, 3.63) is 76.5 Å². The molecular weight excluding hydrogens is 270 g/mol. The number of hydrogen-bond acceptors (Lipinski definition) is 2. The molecule has 0 spiro atoms. The Kier molecular flexibility index (Phi) is 3.23. The summed E-state index contributed by atoms with van der Waals surface area (Å²) >= 11 is 0. The lowest BCUT2D eigenvalue weighted by Crippen LogP contribution is -2.18. The van der Waals surface area contributed by atoms with Gasteiger partial charge < -0.3 is 10.4 Å². The van der Waals surface area contributed by atoms with Crippen molar-refractivity contribution < 1.29 is 5.11 Å². The maximum Gasteiger partial charge on any atom is 0.139 e. The van der Waals surface area contributed by atoms with E-state index in [2.05, 4.69) is 41.7 Å². The van der Waals surface area contributed by atoms with Gasteiger partial charge in [-0.2, -0.15) is 0 Å². The second-order valence-corrected chi connectivity index (χ2v) is 6.03. The van der Waals surface area contributed by atoms with Gasteiger partial charge in [-0.25, -0.2) is 0 Å². The van der Waals surface area contributed by atoms with E-state index >= 15 is 0 Å². The van der Waals surface area contributed by atoms with Crippen LogP contribution in [0.4, 0.5) is 5.69 Å². The fourth-order valence-electron chi connectivity index (χ4n) is 3.44. The molecule has 1 heterocycles. The Bertz CT molecular complexity index is 772. The number of allylic oxidation sites excluding steroid dienone is 2. The summed E-state index contributed by atoms with van der Waals surface area (Å²) in [5.41, 5.74) is 7.34. The molecule has 2 N–H and O–H groups in total. The van der Waals surface area contributed by atoms with Gasteiger partial charge in [-0.3, -0.25) is 0 Å². The summed E-state index contributed by atoms with van der Waals surface area (Å²) in [6.45, 7) is 0. The molecule has 0 saturated carbocycles. The van der Waals surface area contributed by atoms with E-state index in [1.54, 1.807) is 6.07 Å². The summed E-state index contributed by atoms with van der Waals surface area (Å²) in [6.07, 6.45) is 6.64. The molecule has 1 aliphatic carbocycles. The van der Waals surface area contributed by atoms with Crippen LogP contribution in [0.25, 0.3) is 6.08 Å². The first-order chi connectivity index (χ1) is 10.8. The van der Waals surface area contributed by atoms with Gasteiger partial charge in [0.15, 0.2) is 0 Å². The maximum absolute atomic E-state index is 10.1. The zero-order valence-corrected chi connectivity index (χ0v) is 12.5. The number of rotatable bonds is 1. The quantitative estimate of drug-likeness (QED) is 0.733. The average molecular weight is 289 g/mol. The number of fused-ring (bicyclic) bond motifs is 1. The van der Waals surface area contributed by atoms with Gasteiger partial charge in [0.05, 0.1) is 5.69 Å². The van der Waals surface area contributed by atoms with Crippen LogP contribution < -0.4 is 5.32 Å². The van der Waals surface area contributed by atoms with E-state index in [1.807, 2.05) is 12.1 Å². The van der Waals surface area contributed by atoms with Crippen molar-refractivity contribution in [3.8, 4) is 5.75 Å². The number of aromatic hydroxyl groups is 1. The SMILES string of the molecule is Oc1cccc2c1NC1=C(CCC/C1=C/c1ccccc1)C2. The summed E-state index contributed by atoms with van der Waals surface area (Å²) in [5.74, 6) is 0.341. The van der Waals surface area contributed by atoms with Crippen LogP contribution in [0.3, 0.4) is 0 Å². The third kappa shape index (κ3) is 2.31. The third-order valence-corrected chi connectivity index (χ3v) is 4.52. The van der Waals surface area contributed by atoms with Crippen molar-refractivity contribution in [2.45, 2.75) is 25.7 Å². The normalized spacial score (nSPS) is 18.6. The zero-order chi connectivity index (χ0) is 14.9. The molecule has 0 saturated heterocycles. The summed E-state index contributed by atoms with van der Waals surface area (Å²) in [7, 11) is 0. The lowest BCUT2D eigenvalue weighted by atomic mass is 9.84. The Morgan fingerprint density at radius 2 is 1.82 bits per heavy atom. The van der Waals surface area contributed by atoms with Gasteiger partial charge in [0, 0.05) is 5.70 Å². The minimum absolute atomic E-state index is 0.341. The molecular formula is C20H19NO. The lowest BCUT2D eigenvalue weighted by Gasteiger charge is -2.30. The van der Waals surface area contributed by atoms with Crippen molar-refractivity contribution in [1.82, 2.24) is 0 Å². The van der Waals surface area contributed by atoms with E-state index < -0.39 is 0 Å². The predicted octanol–water partition coefficient (Wildman–Crippen LogP) is 4.88. The van der Waals surface area contributed by atoms with E-state index in [-0.39, 0.29) is 0 Å². The standard InChI is InChI=1S/C20H19NO/c22-18-11-5-10-17-13-16-9-4-8-15(19(16)21-20(17)18)12-14-6-2-1-3-7-14/h1-3,5-7,10-12,21-22H,4,8-9,13H2/b15-12-. The van der Waals surface area contributed by atoms with Crippen LogP contribution in [0.2, 0.25) is 0 Å². The molecule has 4 rings (SSSR count). The summed E-state index contributed by atoms with van der Waals surface area (Å²) < 4.78 is 0. The smallest absolute Gasteiger partial charge is 0.139 e. The third-order valence-electron chi connectivity index (χ3n) is 4.52. The van der Waals surface area contributed by atoms with Crippen molar-refractivity contribution in [3.63, 3.8) is 0 Å². The van der Waals surface area contributed by atoms with Crippen molar-refractivity contribution in [2.75, 3.05) is 5.32 Å². The number of benzene rings is 2. The molecule has 0 unspecified atom stereocenters. The summed E-state index contributed by atoms with van der Waals surface area (Å²) in [5, 5.41) is 13.6. The molecule has 0 aromatic heterocycles. The number of para-hydroxylation sites is 1. The van der Waals surface area contributed by atoms with Gasteiger partial charge in [0.25, 0.3) is 0 Å². The number of phenolic OH excluding ortho intramolecular Hbond substituents is 1. The molecule has 2 aliphatic rings. The zero-order valence-electron chi connectivity index (χ0n) is 12.5. The number of nitrogens with one attached hydrogen (secondary N) is 1. The van der Waals surface area contributed by atoms with E-state index in [4.69, 9.17) is 0 Å². The molecule has 2 heteroatoms. The maximum atomic E-state index is 10.1. The molecule has 0 amide bonds. The minimum Gasteiger partial charge on any atom is -0.506 e. The summed E-state index contributed by atoms with van der Waals surface area (Å²) in [6, 6.07) is 16.2. The van der Waals surface area contributed by atoms with Crippen LogP contribution in [-0.4, -0.2) is 5.11 Å². The number of hydrogen-bond donors (Lipinski definition) is 2. The van der Waals surface area contributed by atoms with Crippen LogP contribution >= 0.6 is 0 Å². The second-order valence-electron chi connectivity index (χ2n) is 6.03. The Morgan fingerprint density at radius 1 is 0.955 bits per heavy atom. The molecule has 0 atom stereocenters. The first-order valence-corrected chi connectivity index (χ1v) is 7.87. The Morgan fingerprint density at radius 3 is 2.68 bits per heavy atom. The minimum atomic E-state index is 0.341. The fraction of sp³-hybridized carbons (Fsp3) is 0.200. The highest BCUT2D eigenvalue weighted by Crippen LogP contribution is 2.41. The van der Waals surface area contributed by atoms with Gasteiger partial charge in [-0.15, -0.1) is 0 Å². The molecule has 0 radical (unpaired) electrons. The van der Waals surface area contributed by atoms with E-state index in [0.29, 0.717) is 5.75 Å². The topological polar surface area (TPSA) is 32.3 Å². The molecule has 2 aromatic rings. The Hall–Kier alpha value is -2.48. The van der Waals surface area contributed by atoms with E-state index in [1.165, 1.54) is 34.4 Å². The number of phenols is 1. The van der Waals surface area contributed by atoms with Gasteiger partial charge >= 0.3 is 0 Å². The first kappa shape index (κ1) is 13.2. The van der Waals surface area contributed by atoms with Gasteiger partial charge in [0.2, 0.25) is 0 Å². The van der Waals surface area contributed by atoms with Gasteiger partial charge in [0.1, 0.15) is 5.75 Å². The molecule has 0 fully saturated rings. The fourth-order valence-corrected chi connectivity index (χ4v) is 3.44. The number of anilines is 1. The first-order valence-electron chi connectivity index (χ1n) is 7.87. The highest BCUT2D eigenvalue weighted by molar-refractivity contribution is 5.73. The van der Waals surface area contributed by atoms with E-state index in [9.17, 15) is 5.11 Å². The molecule has 2 nitrogen and oxygen atoms in total. The average Bonchev–Trinajstić information content (AvgIpc) is 2.55. The Balaban J connectivity index is 1.75. The molecule has 0 bridgehead atoms. The summed E-state index contributed by atoms with van der Waals surface area (Å²) in [4.78, 5) is 0. The van der Waals surface area contributed by atoms with Crippen molar-refractivity contribution >= 4 is 11.8 Å². The van der Waals surface area contributed by atoms with Crippen molar-refractivity contribution in [1.29, 1.82) is 0 Å². The molecule has 22 heavy (non-hydrogen) atoms. The largest absolute Gasteiger partial charge is 0.506 e. The van der Waals surface area contributed by atoms with Crippen LogP contribution in [0.15, 0.2) is 65.4 Å². The van der Waals surface area contributed by atoms with Crippen LogP contribution in [0.5, 0.6) is 5.75 Å². The lowest BCUT2D eigenvalue weighted by molar-refractivity contribution is 0.476. The van der Waals surface area contributed by atoms with Crippen LogP contribution in [0.1, 0.15) is 30.4 Å². The highest BCUT2D eigenvalue weighted by Gasteiger charge is 2.24. The Labute approximate surface area is 130 Å². The molecule has 1 aliphatic heterocycles. The van der Waals surface area contributed by atoms with Crippen LogP contribution in [0, 0.1) is 0 Å². The van der Waals surface area contributed by atoms with E-state index in [0.717, 1.165) is 24.9 Å². The second kappa shape index (κ2) is 5.38.